The molecule has 0 aliphatic carbocycles. The molecule has 10 nitrogen and oxygen atoms in total. The molecule has 4 aromatic rings. The minimum Gasteiger partial charge on any atom is -0.275 e. The van der Waals surface area contributed by atoms with Gasteiger partial charge in [-0.3, -0.25) is 14.0 Å². The lowest BCUT2D eigenvalue weighted by atomic mass is 10.1. The van der Waals surface area contributed by atoms with Crippen LogP contribution in [0.25, 0.3) is 17.2 Å². The number of hydrogen-bond donors (Lipinski definition) is 1. The van der Waals surface area contributed by atoms with Crippen molar-refractivity contribution in [2.24, 2.45) is 7.05 Å². The summed E-state index contributed by atoms with van der Waals surface area (Å²) in [7, 11) is -2.50. The molecule has 0 aliphatic heterocycles. The SMILES string of the molecule is CC(c1ncc(Cl)cn1)C(C)S(=O)(=O)Nc1nnc(-c2ccn(C)n2)n1-c1c(F)cccc1F. The molecular weight excluding hydrogens is 490 g/mol. The fourth-order valence-electron chi connectivity index (χ4n) is 3.22. The quantitative estimate of drug-likeness (QED) is 0.406. The first-order chi connectivity index (χ1) is 16.1. The monoisotopic (exact) mass is 508 g/mol. The topological polar surface area (TPSA) is 120 Å². The Kier molecular flexibility index (Phi) is 6.32. The van der Waals surface area contributed by atoms with Gasteiger partial charge in [0.2, 0.25) is 16.0 Å². The highest BCUT2D eigenvalue weighted by molar-refractivity contribution is 7.93. The van der Waals surface area contributed by atoms with Gasteiger partial charge in [0.1, 0.15) is 28.8 Å². The van der Waals surface area contributed by atoms with Gasteiger partial charge in [0.15, 0.2) is 5.82 Å². The summed E-state index contributed by atoms with van der Waals surface area (Å²) in [5.41, 5.74) is -0.313. The number of aryl methyl sites for hydroxylation is 1. The van der Waals surface area contributed by atoms with Crippen molar-refractivity contribution in [3.05, 3.63) is 65.3 Å². The predicted octanol–water partition coefficient (Wildman–Crippen LogP) is 3.32. The van der Waals surface area contributed by atoms with Gasteiger partial charge in [0, 0.05) is 31.6 Å². The average molecular weight is 509 g/mol. The van der Waals surface area contributed by atoms with E-state index in [1.165, 1.54) is 30.1 Å². The number of nitrogens with zero attached hydrogens (tertiary/aromatic N) is 7. The summed E-state index contributed by atoms with van der Waals surface area (Å²) >= 11 is 5.81. The second-order valence-electron chi connectivity index (χ2n) is 7.53. The Bertz CT molecular complexity index is 1420. The lowest BCUT2D eigenvalue weighted by Crippen LogP contribution is -2.31. The highest BCUT2D eigenvalue weighted by atomic mass is 35.5. The van der Waals surface area contributed by atoms with Crippen LogP contribution < -0.4 is 4.72 Å². The maximum Gasteiger partial charge on any atom is 0.243 e. The zero-order valence-corrected chi connectivity index (χ0v) is 19.8. The van der Waals surface area contributed by atoms with Crippen LogP contribution in [0.5, 0.6) is 0 Å². The average Bonchev–Trinajstić information content (AvgIpc) is 3.39. The molecule has 0 saturated carbocycles. The van der Waals surface area contributed by atoms with Crippen molar-refractivity contribution in [2.75, 3.05) is 4.72 Å². The fourth-order valence-corrected chi connectivity index (χ4v) is 4.55. The van der Waals surface area contributed by atoms with Gasteiger partial charge in [-0.15, -0.1) is 10.2 Å². The van der Waals surface area contributed by atoms with Gasteiger partial charge < -0.3 is 0 Å². The number of halogens is 3. The van der Waals surface area contributed by atoms with Crippen molar-refractivity contribution in [3.8, 4) is 17.2 Å². The Labute approximate surface area is 198 Å². The fraction of sp³-hybridized carbons (Fsp3) is 0.250. The van der Waals surface area contributed by atoms with E-state index in [1.54, 1.807) is 26.2 Å². The number of benzene rings is 1. The molecule has 2 atom stereocenters. The van der Waals surface area contributed by atoms with Gasteiger partial charge in [0.25, 0.3) is 0 Å². The van der Waals surface area contributed by atoms with E-state index in [2.05, 4.69) is 30.0 Å². The molecule has 0 saturated heterocycles. The Morgan fingerprint density at radius 3 is 2.29 bits per heavy atom. The number of nitrogens with one attached hydrogen (secondary N) is 1. The molecule has 0 amide bonds. The normalized spacial score (nSPS) is 13.6. The van der Waals surface area contributed by atoms with Gasteiger partial charge in [-0.2, -0.15) is 5.10 Å². The molecule has 1 aromatic carbocycles. The van der Waals surface area contributed by atoms with Gasteiger partial charge in [-0.25, -0.2) is 27.2 Å². The molecule has 0 aliphatic rings. The zero-order chi connectivity index (χ0) is 24.6. The molecule has 178 valence electrons. The van der Waals surface area contributed by atoms with Crippen molar-refractivity contribution < 1.29 is 17.2 Å². The first-order valence-corrected chi connectivity index (χ1v) is 11.9. The van der Waals surface area contributed by atoms with Crippen molar-refractivity contribution >= 4 is 27.6 Å². The predicted molar refractivity (Wildman–Crippen MR) is 121 cm³/mol. The smallest absolute Gasteiger partial charge is 0.243 e. The zero-order valence-electron chi connectivity index (χ0n) is 18.2. The van der Waals surface area contributed by atoms with Crippen molar-refractivity contribution in [1.29, 1.82) is 0 Å². The van der Waals surface area contributed by atoms with Crippen LogP contribution in [0.15, 0.2) is 42.9 Å². The number of aromatic nitrogens is 7. The molecule has 1 N–H and O–H groups in total. The Morgan fingerprint density at radius 1 is 1.06 bits per heavy atom. The van der Waals surface area contributed by atoms with Crippen LogP contribution in [0.4, 0.5) is 14.7 Å². The lowest BCUT2D eigenvalue weighted by molar-refractivity contribution is 0.564. The van der Waals surface area contributed by atoms with Crippen LogP contribution in [-0.2, 0) is 17.1 Å². The maximum absolute atomic E-state index is 14.7. The molecule has 34 heavy (non-hydrogen) atoms. The number of hydrogen-bond acceptors (Lipinski definition) is 7. The Balaban J connectivity index is 1.77. The second-order valence-corrected chi connectivity index (χ2v) is 10.0. The van der Waals surface area contributed by atoms with E-state index in [1.807, 2.05) is 0 Å². The minimum absolute atomic E-state index is 0.0518. The van der Waals surface area contributed by atoms with E-state index in [0.717, 1.165) is 16.7 Å². The lowest BCUT2D eigenvalue weighted by Gasteiger charge is -2.20. The molecule has 0 radical (unpaired) electrons. The largest absolute Gasteiger partial charge is 0.275 e. The summed E-state index contributed by atoms with van der Waals surface area (Å²) in [5.74, 6) is -2.71. The van der Waals surface area contributed by atoms with Crippen molar-refractivity contribution in [1.82, 2.24) is 34.5 Å². The summed E-state index contributed by atoms with van der Waals surface area (Å²) < 4.78 is 60.6. The van der Waals surface area contributed by atoms with Gasteiger partial charge in [-0.1, -0.05) is 24.6 Å². The van der Waals surface area contributed by atoms with Crippen LogP contribution in [-0.4, -0.2) is 48.2 Å². The molecule has 3 aromatic heterocycles. The van der Waals surface area contributed by atoms with Crippen molar-refractivity contribution in [3.63, 3.8) is 0 Å². The number of sulfonamides is 1. The summed E-state index contributed by atoms with van der Waals surface area (Å²) in [6, 6.07) is 4.84. The molecule has 0 bridgehead atoms. The van der Waals surface area contributed by atoms with E-state index in [-0.39, 0.29) is 17.3 Å². The number of anilines is 1. The molecular formula is C20H19ClF2N8O2S. The third kappa shape index (κ3) is 4.48. The summed E-state index contributed by atoms with van der Waals surface area (Å²) in [6.45, 7) is 3.09. The molecule has 14 heteroatoms. The summed E-state index contributed by atoms with van der Waals surface area (Å²) in [5, 5.41) is 11.3. The Hall–Kier alpha value is -3.45. The number of rotatable bonds is 7. The van der Waals surface area contributed by atoms with Gasteiger partial charge >= 0.3 is 0 Å². The third-order valence-electron chi connectivity index (χ3n) is 5.24. The molecule has 4 rings (SSSR count). The van der Waals surface area contributed by atoms with Crippen LogP contribution in [0.2, 0.25) is 5.02 Å². The van der Waals surface area contributed by atoms with Crippen LogP contribution in [0.1, 0.15) is 25.6 Å². The van der Waals surface area contributed by atoms with Crippen LogP contribution in [0, 0.1) is 11.6 Å². The van der Waals surface area contributed by atoms with Gasteiger partial charge in [0.05, 0.1) is 10.3 Å². The van der Waals surface area contributed by atoms with Crippen LogP contribution in [0.3, 0.4) is 0 Å². The second kappa shape index (κ2) is 9.06. The van der Waals surface area contributed by atoms with E-state index in [4.69, 9.17) is 11.6 Å². The summed E-state index contributed by atoms with van der Waals surface area (Å²) in [4.78, 5) is 8.15. The number of para-hydroxylation sites is 1. The highest BCUT2D eigenvalue weighted by Gasteiger charge is 2.32. The first kappa shape index (κ1) is 23.7. The highest BCUT2D eigenvalue weighted by Crippen LogP contribution is 2.30. The minimum atomic E-state index is -4.15. The summed E-state index contributed by atoms with van der Waals surface area (Å²) in [6.07, 6.45) is 4.33. The molecule has 2 unspecified atom stereocenters. The van der Waals surface area contributed by atoms with Crippen LogP contribution >= 0.6 is 11.6 Å². The van der Waals surface area contributed by atoms with E-state index >= 15 is 0 Å². The standard InChI is InChI=1S/C20H19ClF2N8O2S/c1-11(18-24-9-13(21)10-25-18)12(2)34(32,33)29-20-27-26-19(16-7-8-30(3)28-16)31(20)17-14(22)5-4-6-15(17)23/h4-12H,1-3H3,(H,27,29). The maximum atomic E-state index is 14.7. The molecule has 0 fully saturated rings. The first-order valence-electron chi connectivity index (χ1n) is 9.97. The van der Waals surface area contributed by atoms with Gasteiger partial charge in [-0.05, 0) is 25.1 Å². The molecule has 3 heterocycles. The van der Waals surface area contributed by atoms with E-state index in [0.29, 0.717) is 5.02 Å². The van der Waals surface area contributed by atoms with Crippen molar-refractivity contribution in [2.45, 2.75) is 25.0 Å². The Morgan fingerprint density at radius 2 is 1.71 bits per heavy atom. The van der Waals surface area contributed by atoms with E-state index < -0.39 is 44.5 Å². The molecule has 0 spiro atoms. The van der Waals surface area contributed by atoms with E-state index in [9.17, 15) is 17.2 Å². The third-order valence-corrected chi connectivity index (χ3v) is 7.29.